The molecule has 0 aliphatic heterocycles. The number of unbranched alkanes of at least 4 members (excludes halogenated alkanes) is 25. The number of ether oxygens (including phenoxy) is 3. The largest absolute Gasteiger partial charge is 0.462 e. The molecule has 0 N–H and O–H groups in total. The fraction of sp³-hybridized carbons (Fsp3) is 0.658. The Morgan fingerprint density at radius 3 is 0.785 bits per heavy atom. The Morgan fingerprint density at radius 1 is 0.266 bits per heavy atom. The highest BCUT2D eigenvalue weighted by Gasteiger charge is 2.19. The molecule has 0 heterocycles. The van der Waals surface area contributed by atoms with Crippen molar-refractivity contribution >= 4 is 17.9 Å². The molecule has 0 aromatic carbocycles. The first-order chi connectivity index (χ1) is 39.0. The van der Waals surface area contributed by atoms with Gasteiger partial charge in [0.05, 0.1) is 0 Å². The van der Waals surface area contributed by atoms with E-state index in [1.807, 2.05) is 0 Å². The predicted octanol–water partition coefficient (Wildman–Crippen LogP) is 22.5. The van der Waals surface area contributed by atoms with Crippen LogP contribution in [0.5, 0.6) is 0 Å². The van der Waals surface area contributed by atoms with Crippen LogP contribution in [0, 0.1) is 0 Å². The van der Waals surface area contributed by atoms with Crippen LogP contribution in [-0.2, 0) is 28.6 Å². The van der Waals surface area contributed by atoms with E-state index < -0.39 is 6.10 Å². The number of hydrogen-bond acceptors (Lipinski definition) is 6. The van der Waals surface area contributed by atoms with Crippen molar-refractivity contribution in [2.45, 2.75) is 297 Å². The van der Waals surface area contributed by atoms with Gasteiger partial charge in [0.25, 0.3) is 0 Å². The lowest BCUT2D eigenvalue weighted by Crippen LogP contribution is -2.30. The average Bonchev–Trinajstić information content (AvgIpc) is 3.45. The molecule has 0 saturated carbocycles. The highest BCUT2D eigenvalue weighted by molar-refractivity contribution is 5.71. The number of carbonyl (C=O) groups excluding carboxylic acids is 3. The van der Waals surface area contributed by atoms with Crippen LogP contribution in [0.15, 0.2) is 134 Å². The summed E-state index contributed by atoms with van der Waals surface area (Å²) in [5.74, 6) is -0.931. The molecule has 0 spiro atoms. The SMILES string of the molecule is CC/C=C\C/C=C\C/C=C\C/C=C\C/C=C\C/C=C\CCCCCCCCCCCCCCC(=O)OCC(COC(=O)CCCCC/C=C\C/C=C\C/C=C\CC)OC(=O)CCCCCCCCC/C=C\C/C=C\CCCCC. The van der Waals surface area contributed by atoms with Crippen molar-refractivity contribution in [3.63, 3.8) is 0 Å². The summed E-state index contributed by atoms with van der Waals surface area (Å²) >= 11 is 0. The number of carbonyl (C=O) groups is 3. The molecule has 0 aromatic rings. The summed E-state index contributed by atoms with van der Waals surface area (Å²) in [4.78, 5) is 38.3. The molecule has 0 saturated heterocycles. The Kier molecular flexibility index (Phi) is 62.3. The zero-order chi connectivity index (χ0) is 57.1. The fourth-order valence-electron chi connectivity index (χ4n) is 8.79. The van der Waals surface area contributed by atoms with Crippen molar-refractivity contribution < 1.29 is 28.6 Å². The molecule has 6 heteroatoms. The third-order valence-electron chi connectivity index (χ3n) is 13.6. The van der Waals surface area contributed by atoms with Crippen molar-refractivity contribution in [1.29, 1.82) is 0 Å². The molecule has 0 bridgehead atoms. The Labute approximate surface area is 487 Å². The van der Waals surface area contributed by atoms with Gasteiger partial charge in [0.2, 0.25) is 0 Å². The van der Waals surface area contributed by atoms with E-state index >= 15 is 0 Å². The lowest BCUT2D eigenvalue weighted by Gasteiger charge is -2.18. The van der Waals surface area contributed by atoms with Gasteiger partial charge in [0.15, 0.2) is 6.10 Å². The van der Waals surface area contributed by atoms with E-state index in [0.29, 0.717) is 19.3 Å². The molecule has 1 unspecified atom stereocenters. The van der Waals surface area contributed by atoms with Crippen LogP contribution in [0.1, 0.15) is 290 Å². The molecule has 0 aliphatic rings. The van der Waals surface area contributed by atoms with Gasteiger partial charge in [-0.05, 0) is 135 Å². The third kappa shape index (κ3) is 64.3. The van der Waals surface area contributed by atoms with Crippen LogP contribution >= 0.6 is 0 Å². The topological polar surface area (TPSA) is 78.9 Å². The normalized spacial score (nSPS) is 13.0. The summed E-state index contributed by atoms with van der Waals surface area (Å²) < 4.78 is 16.9. The minimum Gasteiger partial charge on any atom is -0.462 e. The first kappa shape index (κ1) is 74.5. The summed E-state index contributed by atoms with van der Waals surface area (Å²) in [5.41, 5.74) is 0. The van der Waals surface area contributed by atoms with Crippen LogP contribution < -0.4 is 0 Å². The molecule has 1 atom stereocenters. The lowest BCUT2D eigenvalue weighted by atomic mass is 10.0. The van der Waals surface area contributed by atoms with Gasteiger partial charge in [-0.15, -0.1) is 0 Å². The quantitative estimate of drug-likeness (QED) is 0.0261. The van der Waals surface area contributed by atoms with E-state index in [4.69, 9.17) is 14.2 Å². The molecule has 0 amide bonds. The van der Waals surface area contributed by atoms with Gasteiger partial charge in [0.1, 0.15) is 13.2 Å². The molecule has 0 rings (SSSR count). The van der Waals surface area contributed by atoms with Crippen LogP contribution in [0.2, 0.25) is 0 Å². The maximum absolute atomic E-state index is 12.9. The second-order valence-electron chi connectivity index (χ2n) is 21.3. The maximum atomic E-state index is 12.9. The molecule has 0 radical (unpaired) electrons. The molecule has 0 aliphatic carbocycles. The predicted molar refractivity (Wildman–Crippen MR) is 343 cm³/mol. The van der Waals surface area contributed by atoms with Gasteiger partial charge in [-0.3, -0.25) is 14.4 Å². The zero-order valence-electron chi connectivity index (χ0n) is 51.3. The monoisotopic (exact) mass is 1090 g/mol. The van der Waals surface area contributed by atoms with E-state index in [2.05, 4.69) is 154 Å². The van der Waals surface area contributed by atoms with E-state index in [-0.39, 0.29) is 31.1 Å². The minimum atomic E-state index is -0.800. The van der Waals surface area contributed by atoms with Crippen LogP contribution in [-0.4, -0.2) is 37.2 Å². The van der Waals surface area contributed by atoms with Gasteiger partial charge in [-0.1, -0.05) is 270 Å². The van der Waals surface area contributed by atoms with Crippen molar-refractivity contribution in [3.05, 3.63) is 134 Å². The molecular weight excluding hydrogens is 973 g/mol. The molecule has 6 nitrogen and oxygen atoms in total. The Balaban J connectivity index is 4.28. The molecule has 0 fully saturated rings. The highest BCUT2D eigenvalue weighted by atomic mass is 16.6. The minimum absolute atomic E-state index is 0.0940. The van der Waals surface area contributed by atoms with E-state index in [9.17, 15) is 14.4 Å². The highest BCUT2D eigenvalue weighted by Crippen LogP contribution is 2.16. The number of allylic oxidation sites excluding steroid dienone is 22. The number of esters is 3. The maximum Gasteiger partial charge on any atom is 0.306 e. The number of hydrogen-bond donors (Lipinski definition) is 0. The Bertz CT molecular complexity index is 1680. The summed E-state index contributed by atoms with van der Waals surface area (Å²) in [6.07, 6.45) is 93.2. The summed E-state index contributed by atoms with van der Waals surface area (Å²) in [5, 5.41) is 0. The van der Waals surface area contributed by atoms with Gasteiger partial charge < -0.3 is 14.2 Å². The van der Waals surface area contributed by atoms with Crippen LogP contribution in [0.3, 0.4) is 0 Å². The third-order valence-corrected chi connectivity index (χ3v) is 13.6. The fourth-order valence-corrected chi connectivity index (χ4v) is 8.79. The van der Waals surface area contributed by atoms with Crippen molar-refractivity contribution in [2.24, 2.45) is 0 Å². The van der Waals surface area contributed by atoms with Gasteiger partial charge >= 0.3 is 17.9 Å². The molecule has 448 valence electrons. The summed E-state index contributed by atoms with van der Waals surface area (Å²) in [6, 6.07) is 0. The first-order valence-corrected chi connectivity index (χ1v) is 32.7. The standard InChI is InChI=1S/C73H120O6/c1-4-7-10-13-16-19-22-25-27-29-30-31-32-33-34-35-36-37-38-39-40-41-42-44-45-48-51-54-57-60-63-66-72(75)78-69-70(68-77-71(74)65-62-59-56-53-50-47-24-21-18-15-12-9-6-3)79-73(76)67-64-61-58-55-52-49-46-43-28-26-23-20-17-14-11-8-5-2/h7,9-10,12,16-21,25-28,30-31,33-34,36-37,47,50,70H,4-6,8,11,13-15,22-24,29,32,35,38-46,48-49,51-69H2,1-3H3/b10-7-,12-9-,19-16-,20-17-,21-18-,27-25-,28-26-,31-30-,34-33-,37-36-,50-47-. The first-order valence-electron chi connectivity index (χ1n) is 32.7. The Hall–Kier alpha value is -4.45. The molecule has 79 heavy (non-hydrogen) atoms. The van der Waals surface area contributed by atoms with E-state index in [0.717, 1.165) is 135 Å². The van der Waals surface area contributed by atoms with Gasteiger partial charge in [0, 0.05) is 19.3 Å². The zero-order valence-corrected chi connectivity index (χ0v) is 51.3. The van der Waals surface area contributed by atoms with E-state index in [1.165, 1.54) is 116 Å². The smallest absolute Gasteiger partial charge is 0.306 e. The van der Waals surface area contributed by atoms with Crippen molar-refractivity contribution in [1.82, 2.24) is 0 Å². The summed E-state index contributed by atoms with van der Waals surface area (Å²) in [6.45, 7) is 6.36. The second kappa shape index (κ2) is 66.1. The van der Waals surface area contributed by atoms with E-state index in [1.54, 1.807) is 0 Å². The molecule has 0 aromatic heterocycles. The van der Waals surface area contributed by atoms with Gasteiger partial charge in [-0.25, -0.2) is 0 Å². The van der Waals surface area contributed by atoms with Gasteiger partial charge in [-0.2, -0.15) is 0 Å². The van der Waals surface area contributed by atoms with Crippen LogP contribution in [0.25, 0.3) is 0 Å². The lowest BCUT2D eigenvalue weighted by molar-refractivity contribution is -0.167. The van der Waals surface area contributed by atoms with Crippen LogP contribution in [0.4, 0.5) is 0 Å². The average molecular weight is 1090 g/mol. The molecular formula is C73H120O6. The van der Waals surface area contributed by atoms with Crippen molar-refractivity contribution in [3.8, 4) is 0 Å². The second-order valence-corrected chi connectivity index (χ2v) is 21.3. The summed E-state index contributed by atoms with van der Waals surface area (Å²) in [7, 11) is 0. The Morgan fingerprint density at radius 2 is 0.494 bits per heavy atom. The van der Waals surface area contributed by atoms with Crippen molar-refractivity contribution in [2.75, 3.05) is 13.2 Å². The number of rotatable bonds is 58.